The first-order chi connectivity index (χ1) is 15.6. The summed E-state index contributed by atoms with van der Waals surface area (Å²) in [5.41, 5.74) is 9.95. The molecule has 0 unspecified atom stereocenters. The number of hydrogen-bond acceptors (Lipinski definition) is 6. The molecule has 4 aromatic rings. The molecular formula is C24H26ClN5O3. The predicted octanol–water partition coefficient (Wildman–Crippen LogP) is 5.81. The number of aromatic nitrogens is 3. The van der Waals surface area contributed by atoms with Crippen LogP contribution < -0.4 is 15.6 Å². The molecule has 0 aliphatic carbocycles. The van der Waals surface area contributed by atoms with Gasteiger partial charge in [-0.25, -0.2) is 4.98 Å². The molecule has 0 atom stereocenters. The normalized spacial score (nSPS) is 11.3. The van der Waals surface area contributed by atoms with E-state index in [2.05, 4.69) is 20.9 Å². The molecule has 4 rings (SSSR count). The van der Waals surface area contributed by atoms with Crippen molar-refractivity contribution in [2.45, 2.75) is 40.5 Å². The highest BCUT2D eigenvalue weighted by Crippen LogP contribution is 2.37. The van der Waals surface area contributed by atoms with Gasteiger partial charge in [0.15, 0.2) is 11.4 Å². The molecule has 0 fully saturated rings. The van der Waals surface area contributed by atoms with E-state index in [0.29, 0.717) is 16.6 Å². The summed E-state index contributed by atoms with van der Waals surface area (Å²) in [5.74, 6) is 1.09. The number of hydrogen-bond donors (Lipinski definition) is 2. The minimum atomic E-state index is -0.461. The van der Waals surface area contributed by atoms with Gasteiger partial charge in [-0.2, -0.15) is 5.10 Å². The summed E-state index contributed by atoms with van der Waals surface area (Å²) < 4.78 is 13.3. The van der Waals surface area contributed by atoms with Crippen molar-refractivity contribution in [1.82, 2.24) is 20.2 Å². The van der Waals surface area contributed by atoms with Crippen LogP contribution in [0.1, 0.15) is 52.7 Å². The third-order valence-electron chi connectivity index (χ3n) is 5.30. The van der Waals surface area contributed by atoms with Gasteiger partial charge in [0.25, 0.3) is 5.95 Å². The van der Waals surface area contributed by atoms with Crippen molar-refractivity contribution in [2.24, 2.45) is 7.05 Å². The Labute approximate surface area is 196 Å². The molecule has 2 N–H and O–H groups in total. The molecule has 0 aliphatic heterocycles. The molecule has 172 valence electrons. The fourth-order valence-corrected chi connectivity index (χ4v) is 4.36. The van der Waals surface area contributed by atoms with Crippen LogP contribution in [0.4, 0.5) is 5.82 Å². The first-order valence-electron chi connectivity index (χ1n) is 10.6. The second-order valence-electron chi connectivity index (χ2n) is 8.35. The molecule has 33 heavy (non-hydrogen) atoms. The molecule has 9 heteroatoms. The number of rotatable bonds is 6. The van der Waals surface area contributed by atoms with E-state index in [1.165, 1.54) is 0 Å². The zero-order chi connectivity index (χ0) is 23.9. The van der Waals surface area contributed by atoms with Crippen LogP contribution in [0.2, 0.25) is 5.02 Å². The van der Waals surface area contributed by atoms with Gasteiger partial charge in [-0.1, -0.05) is 25.4 Å². The quantitative estimate of drug-likeness (QED) is 0.347. The third kappa shape index (κ3) is 4.52. The summed E-state index contributed by atoms with van der Waals surface area (Å²) in [6, 6.07) is 8.79. The highest BCUT2D eigenvalue weighted by Gasteiger charge is 2.18. The van der Waals surface area contributed by atoms with E-state index < -0.39 is 5.91 Å². The van der Waals surface area contributed by atoms with Gasteiger partial charge in [-0.3, -0.25) is 20.3 Å². The van der Waals surface area contributed by atoms with Gasteiger partial charge in [0.05, 0.1) is 5.69 Å². The summed E-state index contributed by atoms with van der Waals surface area (Å²) in [6.45, 7) is 9.93. The number of nitrogens with one attached hydrogen (secondary N) is 2. The van der Waals surface area contributed by atoms with Crippen LogP contribution in [0.3, 0.4) is 0 Å². The lowest BCUT2D eigenvalue weighted by atomic mass is 10.0. The highest BCUT2D eigenvalue weighted by atomic mass is 35.5. The Morgan fingerprint density at radius 1 is 1.18 bits per heavy atom. The van der Waals surface area contributed by atoms with E-state index in [1.807, 2.05) is 59.9 Å². The van der Waals surface area contributed by atoms with Crippen molar-refractivity contribution in [3.05, 3.63) is 63.5 Å². The lowest BCUT2D eigenvalue weighted by Gasteiger charge is -2.15. The van der Waals surface area contributed by atoms with Gasteiger partial charge >= 0.3 is 5.91 Å². The lowest BCUT2D eigenvalue weighted by Crippen LogP contribution is -2.29. The molecule has 3 heterocycles. The summed E-state index contributed by atoms with van der Waals surface area (Å²) in [5, 5.41) is 6.04. The fraction of sp³-hybridized carbons (Fsp3) is 0.292. The summed E-state index contributed by atoms with van der Waals surface area (Å²) in [6.07, 6.45) is 0. The Bertz CT molecular complexity index is 1360. The number of hydrazine groups is 1. The number of aryl methyl sites for hydroxylation is 4. The maximum absolute atomic E-state index is 12.6. The number of carbonyl (C=O) groups is 1. The zero-order valence-electron chi connectivity index (χ0n) is 19.4. The smallest absolute Gasteiger partial charge is 0.305 e. The third-order valence-corrected chi connectivity index (χ3v) is 5.61. The Kier molecular flexibility index (Phi) is 6.03. The topological polar surface area (TPSA) is 94.2 Å². The van der Waals surface area contributed by atoms with E-state index >= 15 is 0 Å². The number of furan rings is 1. The minimum Gasteiger partial charge on any atom is -0.426 e. The molecule has 1 aromatic carbocycles. The van der Waals surface area contributed by atoms with Crippen molar-refractivity contribution in [1.29, 1.82) is 0 Å². The van der Waals surface area contributed by atoms with E-state index in [1.54, 1.807) is 16.8 Å². The number of anilines is 1. The molecule has 0 spiro atoms. The second-order valence-corrected chi connectivity index (χ2v) is 8.75. The van der Waals surface area contributed by atoms with Gasteiger partial charge in [-0.05, 0) is 62.1 Å². The number of fused-ring (bicyclic) bond motifs is 1. The average Bonchev–Trinajstić information content (AvgIpc) is 3.30. The maximum atomic E-state index is 12.6. The van der Waals surface area contributed by atoms with E-state index in [4.69, 9.17) is 20.8 Å². The second kappa shape index (κ2) is 8.78. The Morgan fingerprint density at radius 2 is 1.94 bits per heavy atom. The monoisotopic (exact) mass is 467 g/mol. The van der Waals surface area contributed by atoms with Crippen molar-refractivity contribution < 1.29 is 13.9 Å². The van der Waals surface area contributed by atoms with E-state index in [0.717, 1.165) is 33.4 Å². The average molecular weight is 468 g/mol. The number of amides is 1. The number of ether oxygens (including phenoxy) is 1. The Morgan fingerprint density at radius 3 is 2.67 bits per heavy atom. The van der Waals surface area contributed by atoms with Crippen LogP contribution in [-0.2, 0) is 7.05 Å². The Hall–Kier alpha value is -3.52. The molecule has 0 aliphatic rings. The molecule has 0 radical (unpaired) electrons. The summed E-state index contributed by atoms with van der Waals surface area (Å²) in [7, 11) is 1.83. The van der Waals surface area contributed by atoms with Gasteiger partial charge < -0.3 is 9.15 Å². The number of nitrogens with zero attached hydrogens (tertiary/aromatic N) is 3. The molecule has 0 saturated heterocycles. The molecule has 0 saturated carbocycles. The first kappa shape index (κ1) is 22.7. The predicted molar refractivity (Wildman–Crippen MR) is 128 cm³/mol. The van der Waals surface area contributed by atoms with Crippen LogP contribution in [-0.4, -0.2) is 20.7 Å². The van der Waals surface area contributed by atoms with Gasteiger partial charge in [0.2, 0.25) is 0 Å². The fourth-order valence-electron chi connectivity index (χ4n) is 3.88. The van der Waals surface area contributed by atoms with Crippen molar-refractivity contribution >= 4 is 34.4 Å². The van der Waals surface area contributed by atoms with Gasteiger partial charge in [0, 0.05) is 29.1 Å². The number of carbonyl (C=O) groups excluding carboxylic acids is 1. The van der Waals surface area contributed by atoms with E-state index in [-0.39, 0.29) is 17.6 Å². The van der Waals surface area contributed by atoms with Crippen molar-refractivity contribution in [3.63, 3.8) is 0 Å². The lowest BCUT2D eigenvalue weighted by molar-refractivity contribution is 0.0930. The molecule has 3 aromatic heterocycles. The molecular weight excluding hydrogens is 442 g/mol. The van der Waals surface area contributed by atoms with Crippen LogP contribution in [0.15, 0.2) is 34.7 Å². The standard InChI is InChI=1S/C24H26ClN5O3/c1-12(2)21-16(25)9-13(3)10-18(21)33-20-8-7-17(32-20)24(31)28-27-19-11-14(4)22-15(5)29-30(6)23(22)26-19/h7-12H,1-6H3,(H,26,27)(H,28,31). The number of halogens is 1. The highest BCUT2D eigenvalue weighted by molar-refractivity contribution is 6.31. The van der Waals surface area contributed by atoms with Crippen LogP contribution in [0.25, 0.3) is 11.0 Å². The van der Waals surface area contributed by atoms with Gasteiger partial charge in [-0.15, -0.1) is 0 Å². The summed E-state index contributed by atoms with van der Waals surface area (Å²) >= 11 is 6.42. The van der Waals surface area contributed by atoms with Crippen molar-refractivity contribution in [2.75, 3.05) is 5.43 Å². The van der Waals surface area contributed by atoms with Crippen LogP contribution in [0.5, 0.6) is 11.7 Å². The van der Waals surface area contributed by atoms with Crippen molar-refractivity contribution in [3.8, 4) is 11.7 Å². The Balaban J connectivity index is 1.48. The SMILES string of the molecule is Cc1cc(Cl)c(C(C)C)c(Oc2ccc(C(=O)NNc3cc(C)c4c(C)nn(C)c4n3)o2)c1. The van der Waals surface area contributed by atoms with Crippen LogP contribution >= 0.6 is 11.6 Å². The zero-order valence-corrected chi connectivity index (χ0v) is 20.2. The maximum Gasteiger partial charge on any atom is 0.305 e. The van der Waals surface area contributed by atoms with Crippen LogP contribution in [0, 0.1) is 20.8 Å². The summed E-state index contributed by atoms with van der Waals surface area (Å²) in [4.78, 5) is 17.1. The van der Waals surface area contributed by atoms with E-state index in [9.17, 15) is 4.79 Å². The number of pyridine rings is 1. The molecule has 8 nitrogen and oxygen atoms in total. The first-order valence-corrected chi connectivity index (χ1v) is 11.0. The molecule has 0 bridgehead atoms. The molecule has 1 amide bonds. The number of benzene rings is 1. The minimum absolute atomic E-state index is 0.0940. The largest absolute Gasteiger partial charge is 0.426 e. The van der Waals surface area contributed by atoms with Gasteiger partial charge in [0.1, 0.15) is 11.6 Å².